The lowest BCUT2D eigenvalue weighted by molar-refractivity contribution is -0.244. The molecule has 2 heterocycles. The fraction of sp³-hybridized carbons (Fsp3) is 1.00. The van der Waals surface area contributed by atoms with Gasteiger partial charge in [-0.15, -0.1) is 0 Å². The zero-order chi connectivity index (χ0) is 12.2. The number of hydrogen-bond acceptors (Lipinski definition) is 4. The molecule has 1 aliphatic carbocycles. The summed E-state index contributed by atoms with van der Waals surface area (Å²) in [7, 11) is 0. The van der Waals surface area contributed by atoms with Crippen LogP contribution in [0.3, 0.4) is 0 Å². The summed E-state index contributed by atoms with van der Waals surface area (Å²) < 4.78 is 6.07. The molecule has 4 heteroatoms. The van der Waals surface area contributed by atoms with Crippen LogP contribution in [0, 0.1) is 5.92 Å². The van der Waals surface area contributed by atoms with E-state index in [9.17, 15) is 5.11 Å². The molecule has 0 spiro atoms. The second kappa shape index (κ2) is 3.92. The first kappa shape index (κ1) is 11.9. The van der Waals surface area contributed by atoms with E-state index in [1.165, 1.54) is 12.8 Å². The van der Waals surface area contributed by atoms with Crippen LogP contribution in [0.1, 0.15) is 40.0 Å². The maximum Gasteiger partial charge on any atom is 0.0863 e. The van der Waals surface area contributed by atoms with Gasteiger partial charge in [0.1, 0.15) is 0 Å². The largest absolute Gasteiger partial charge is 0.394 e. The van der Waals surface area contributed by atoms with Crippen molar-refractivity contribution in [2.24, 2.45) is 5.92 Å². The van der Waals surface area contributed by atoms with E-state index in [4.69, 9.17) is 9.57 Å². The van der Waals surface area contributed by atoms with Gasteiger partial charge in [-0.25, -0.2) is 0 Å². The zero-order valence-corrected chi connectivity index (χ0v) is 10.9. The maximum atomic E-state index is 9.54. The standard InChI is InChI=1S/C13H23NO3/c1-8-12-11-9(16-8)5-4-6-10(11)17-14(12)13(2,3)7-15/h8-12,15H,4-7H2,1-3H3/t8-,9-,10+,11-,12-/m0/s1. The Labute approximate surface area is 103 Å². The Morgan fingerprint density at radius 3 is 2.71 bits per heavy atom. The van der Waals surface area contributed by atoms with Crippen molar-refractivity contribution in [1.82, 2.24) is 5.06 Å². The summed E-state index contributed by atoms with van der Waals surface area (Å²) in [5.74, 6) is 0.504. The molecule has 2 aliphatic heterocycles. The third kappa shape index (κ3) is 1.65. The summed E-state index contributed by atoms with van der Waals surface area (Å²) >= 11 is 0. The Balaban J connectivity index is 1.89. The van der Waals surface area contributed by atoms with Gasteiger partial charge in [-0.3, -0.25) is 4.84 Å². The minimum absolute atomic E-state index is 0.111. The molecule has 0 aromatic rings. The zero-order valence-electron chi connectivity index (χ0n) is 10.9. The molecule has 3 aliphatic rings. The van der Waals surface area contributed by atoms with Crippen LogP contribution in [0.2, 0.25) is 0 Å². The molecule has 0 radical (unpaired) electrons. The molecule has 98 valence electrons. The molecule has 1 N–H and O–H groups in total. The highest BCUT2D eigenvalue weighted by molar-refractivity contribution is 5.05. The lowest BCUT2D eigenvalue weighted by Crippen LogP contribution is -2.51. The number of hydrogen-bond donors (Lipinski definition) is 1. The second-order valence-corrected chi connectivity index (χ2v) is 6.32. The van der Waals surface area contributed by atoms with E-state index in [0.29, 0.717) is 24.2 Å². The van der Waals surface area contributed by atoms with Crippen LogP contribution < -0.4 is 0 Å². The van der Waals surface area contributed by atoms with Crippen LogP contribution in [0.5, 0.6) is 0 Å². The second-order valence-electron chi connectivity index (χ2n) is 6.32. The van der Waals surface area contributed by atoms with Crippen molar-refractivity contribution in [3.63, 3.8) is 0 Å². The monoisotopic (exact) mass is 241 g/mol. The van der Waals surface area contributed by atoms with Gasteiger partial charge < -0.3 is 9.84 Å². The van der Waals surface area contributed by atoms with Crippen molar-refractivity contribution in [1.29, 1.82) is 0 Å². The highest BCUT2D eigenvalue weighted by Gasteiger charge is 2.59. The number of nitrogens with zero attached hydrogens (tertiary/aromatic N) is 1. The fourth-order valence-corrected chi connectivity index (χ4v) is 3.71. The number of rotatable bonds is 2. The predicted molar refractivity (Wildman–Crippen MR) is 63.3 cm³/mol. The summed E-state index contributed by atoms with van der Waals surface area (Å²) in [6, 6.07) is 0.312. The van der Waals surface area contributed by atoms with Crippen LogP contribution in [0.25, 0.3) is 0 Å². The van der Waals surface area contributed by atoms with Crippen molar-refractivity contribution < 1.29 is 14.7 Å². The fourth-order valence-electron chi connectivity index (χ4n) is 3.71. The van der Waals surface area contributed by atoms with E-state index in [2.05, 4.69) is 6.92 Å². The van der Waals surface area contributed by atoms with Crippen LogP contribution in [0.15, 0.2) is 0 Å². The highest BCUT2D eigenvalue weighted by atomic mass is 16.7. The molecule has 3 fully saturated rings. The summed E-state index contributed by atoms with van der Waals surface area (Å²) in [6.45, 7) is 6.31. The van der Waals surface area contributed by atoms with E-state index >= 15 is 0 Å². The van der Waals surface area contributed by atoms with Crippen molar-refractivity contribution in [3.8, 4) is 0 Å². The van der Waals surface area contributed by atoms with Gasteiger partial charge in [0, 0.05) is 5.92 Å². The first-order valence-corrected chi connectivity index (χ1v) is 6.77. The first-order valence-electron chi connectivity index (χ1n) is 6.77. The number of aliphatic hydroxyl groups excluding tert-OH is 1. The van der Waals surface area contributed by atoms with Crippen LogP contribution in [-0.4, -0.2) is 46.7 Å². The molecule has 1 saturated carbocycles. The summed E-state index contributed by atoms with van der Waals surface area (Å²) in [4.78, 5) is 6.12. The summed E-state index contributed by atoms with van der Waals surface area (Å²) in [5.41, 5.74) is -0.325. The molecule has 0 aromatic heterocycles. The smallest absolute Gasteiger partial charge is 0.0863 e. The molecule has 17 heavy (non-hydrogen) atoms. The van der Waals surface area contributed by atoms with E-state index in [0.717, 1.165) is 6.42 Å². The third-order valence-corrected chi connectivity index (χ3v) is 4.60. The van der Waals surface area contributed by atoms with Gasteiger partial charge in [0.05, 0.1) is 36.5 Å². The Hall–Kier alpha value is -0.160. The van der Waals surface area contributed by atoms with Crippen molar-refractivity contribution in [2.75, 3.05) is 6.61 Å². The average molecular weight is 241 g/mol. The average Bonchev–Trinajstić information content (AvgIpc) is 2.84. The molecule has 5 atom stereocenters. The first-order chi connectivity index (χ1) is 8.04. The third-order valence-electron chi connectivity index (χ3n) is 4.60. The maximum absolute atomic E-state index is 9.54. The van der Waals surface area contributed by atoms with E-state index in [1.807, 2.05) is 18.9 Å². The molecule has 0 bridgehead atoms. The van der Waals surface area contributed by atoms with Crippen LogP contribution in [-0.2, 0) is 9.57 Å². The van der Waals surface area contributed by atoms with Gasteiger partial charge >= 0.3 is 0 Å². The molecule has 3 rings (SSSR count). The quantitative estimate of drug-likeness (QED) is 0.792. The Kier molecular flexibility index (Phi) is 2.74. The minimum Gasteiger partial charge on any atom is -0.394 e. The van der Waals surface area contributed by atoms with Crippen molar-refractivity contribution in [2.45, 2.75) is 69.9 Å². The topological polar surface area (TPSA) is 41.9 Å². The number of ether oxygens (including phenoxy) is 1. The summed E-state index contributed by atoms with van der Waals surface area (Å²) in [5, 5.41) is 11.6. The Bertz CT molecular complexity index is 307. The molecular weight excluding hydrogens is 218 g/mol. The van der Waals surface area contributed by atoms with Crippen molar-refractivity contribution in [3.05, 3.63) is 0 Å². The van der Waals surface area contributed by atoms with Gasteiger partial charge in [-0.1, -0.05) is 0 Å². The Morgan fingerprint density at radius 2 is 2.00 bits per heavy atom. The van der Waals surface area contributed by atoms with Crippen LogP contribution >= 0.6 is 0 Å². The minimum atomic E-state index is -0.325. The van der Waals surface area contributed by atoms with Gasteiger partial charge in [0.25, 0.3) is 0 Å². The molecule has 0 amide bonds. The lowest BCUT2D eigenvalue weighted by atomic mass is 9.80. The number of aliphatic hydroxyl groups is 1. The predicted octanol–water partition coefficient (Wildman–Crippen LogP) is 1.33. The molecular formula is C13H23NO3. The lowest BCUT2D eigenvalue weighted by Gasteiger charge is -2.37. The molecule has 0 unspecified atom stereocenters. The van der Waals surface area contributed by atoms with Crippen molar-refractivity contribution >= 4 is 0 Å². The van der Waals surface area contributed by atoms with Gasteiger partial charge in [-0.05, 0) is 40.0 Å². The van der Waals surface area contributed by atoms with Gasteiger partial charge in [-0.2, -0.15) is 5.06 Å². The van der Waals surface area contributed by atoms with Crippen LogP contribution in [0.4, 0.5) is 0 Å². The van der Waals surface area contributed by atoms with E-state index < -0.39 is 0 Å². The van der Waals surface area contributed by atoms with Gasteiger partial charge in [0.2, 0.25) is 0 Å². The summed E-state index contributed by atoms with van der Waals surface area (Å²) in [6.07, 6.45) is 4.37. The SMILES string of the molecule is C[C@@H]1O[C@H]2CCC[C@H]3ON(C(C)(C)CO)[C@@H]1[C@@H]23. The highest BCUT2D eigenvalue weighted by Crippen LogP contribution is 2.48. The Morgan fingerprint density at radius 1 is 1.29 bits per heavy atom. The van der Waals surface area contributed by atoms with E-state index in [-0.39, 0.29) is 18.2 Å². The number of hydroxylamine groups is 2. The molecule has 0 aromatic carbocycles. The van der Waals surface area contributed by atoms with E-state index in [1.54, 1.807) is 0 Å². The normalized spacial score (nSPS) is 46.2. The molecule has 2 saturated heterocycles. The molecule has 4 nitrogen and oxygen atoms in total. The van der Waals surface area contributed by atoms with Gasteiger partial charge in [0.15, 0.2) is 0 Å².